The Kier molecular flexibility index (Phi) is 4.40. The molecule has 2 aromatic carbocycles. The van der Waals surface area contributed by atoms with Gasteiger partial charge in [-0.05, 0) is 41.7 Å². The van der Waals surface area contributed by atoms with Crippen LogP contribution in [0, 0.1) is 5.92 Å². The number of carboxylic acids is 1. The number of carboxylic acid groups (broad SMARTS) is 1. The van der Waals surface area contributed by atoms with Gasteiger partial charge >= 0.3 is 11.9 Å². The largest absolute Gasteiger partial charge is 0.478 e. The molecular weight excluding hydrogens is 366 g/mol. The number of benzene rings is 2. The third kappa shape index (κ3) is 2.79. The lowest BCUT2D eigenvalue weighted by molar-refractivity contribution is 0.0598. The van der Waals surface area contributed by atoms with Gasteiger partial charge < -0.3 is 15.2 Å². The van der Waals surface area contributed by atoms with Crippen molar-refractivity contribution in [2.24, 2.45) is 5.92 Å². The number of carbonyl (C=O) groups is 2. The van der Waals surface area contributed by atoms with Gasteiger partial charge in [-0.3, -0.25) is 0 Å². The topological polar surface area (TPSA) is 75.6 Å². The van der Waals surface area contributed by atoms with E-state index in [2.05, 4.69) is 17.5 Å². The summed E-state index contributed by atoms with van der Waals surface area (Å²) in [6, 6.07) is 10.1. The zero-order chi connectivity index (χ0) is 19.1. The molecular formula is C21H18ClNO4. The van der Waals surface area contributed by atoms with Crippen molar-refractivity contribution in [2.45, 2.75) is 18.4 Å². The summed E-state index contributed by atoms with van der Waals surface area (Å²) in [5.74, 6) is -1.33. The Hall–Kier alpha value is -2.79. The fourth-order valence-corrected chi connectivity index (χ4v) is 4.45. The van der Waals surface area contributed by atoms with Gasteiger partial charge in [0.15, 0.2) is 0 Å². The second kappa shape index (κ2) is 6.74. The Bertz CT molecular complexity index is 969. The van der Waals surface area contributed by atoms with Gasteiger partial charge in [0.1, 0.15) is 0 Å². The van der Waals surface area contributed by atoms with Crippen LogP contribution in [0.5, 0.6) is 0 Å². The van der Waals surface area contributed by atoms with Crippen LogP contribution in [0.1, 0.15) is 50.2 Å². The lowest BCUT2D eigenvalue weighted by Gasteiger charge is -2.39. The molecule has 1 heterocycles. The molecule has 0 aromatic heterocycles. The molecule has 2 aromatic rings. The highest BCUT2D eigenvalue weighted by atomic mass is 35.5. The van der Waals surface area contributed by atoms with E-state index in [0.29, 0.717) is 21.8 Å². The van der Waals surface area contributed by atoms with Gasteiger partial charge in [-0.15, -0.1) is 0 Å². The van der Waals surface area contributed by atoms with Crippen molar-refractivity contribution >= 4 is 29.2 Å². The summed E-state index contributed by atoms with van der Waals surface area (Å²) in [7, 11) is 1.35. The molecule has 0 fully saturated rings. The monoisotopic (exact) mass is 383 g/mol. The highest BCUT2D eigenvalue weighted by Gasteiger charge is 2.42. The molecule has 0 bridgehead atoms. The predicted octanol–water partition coefficient (Wildman–Crippen LogP) is 4.65. The Labute approximate surface area is 161 Å². The Morgan fingerprint density at radius 1 is 1.19 bits per heavy atom. The predicted molar refractivity (Wildman–Crippen MR) is 103 cm³/mol. The van der Waals surface area contributed by atoms with Crippen molar-refractivity contribution in [3.63, 3.8) is 0 Å². The number of anilines is 1. The van der Waals surface area contributed by atoms with Gasteiger partial charge in [-0.1, -0.05) is 42.0 Å². The Balaban J connectivity index is 1.89. The number of carbonyl (C=O) groups excluding carboxylic acids is 1. The van der Waals surface area contributed by atoms with E-state index < -0.39 is 11.9 Å². The number of aromatic carboxylic acids is 1. The number of halogens is 1. The summed E-state index contributed by atoms with van der Waals surface area (Å²) in [6.45, 7) is 0. The van der Waals surface area contributed by atoms with Gasteiger partial charge in [0.25, 0.3) is 0 Å². The van der Waals surface area contributed by atoms with Crippen LogP contribution < -0.4 is 5.32 Å². The zero-order valence-corrected chi connectivity index (χ0v) is 15.4. The van der Waals surface area contributed by atoms with Gasteiger partial charge in [0.2, 0.25) is 0 Å². The third-order valence-electron chi connectivity index (χ3n) is 5.40. The van der Waals surface area contributed by atoms with Crippen molar-refractivity contribution in [2.75, 3.05) is 12.4 Å². The number of nitrogens with one attached hydrogen (secondary N) is 1. The molecule has 138 valence electrons. The minimum Gasteiger partial charge on any atom is -0.478 e. The molecule has 27 heavy (non-hydrogen) atoms. The maximum absolute atomic E-state index is 12.3. The summed E-state index contributed by atoms with van der Waals surface area (Å²) in [5, 5.41) is 13.5. The molecule has 0 unspecified atom stereocenters. The van der Waals surface area contributed by atoms with E-state index in [1.165, 1.54) is 7.11 Å². The standard InChI is InChI=1S/C21H18ClNO4/c1-27-21(26)15-9-10-16(22)19-17(15)11-7-4-8-12(11)18(23-19)13-5-2-3-6-14(13)20(24)25/h2-7,9-12,18,23H,8H2,1H3,(H,24,25)/t11-,12+,18-/m1/s1. The quantitative estimate of drug-likeness (QED) is 0.596. The van der Waals surface area contributed by atoms with E-state index in [1.807, 2.05) is 12.1 Å². The van der Waals surface area contributed by atoms with E-state index >= 15 is 0 Å². The maximum Gasteiger partial charge on any atom is 0.338 e. The van der Waals surface area contributed by atoms with Crippen LogP contribution in [-0.4, -0.2) is 24.2 Å². The third-order valence-corrected chi connectivity index (χ3v) is 5.72. The van der Waals surface area contributed by atoms with Crippen LogP contribution in [0.15, 0.2) is 48.6 Å². The van der Waals surface area contributed by atoms with Crippen LogP contribution >= 0.6 is 11.6 Å². The second-order valence-electron chi connectivity index (χ2n) is 6.74. The molecule has 0 radical (unpaired) electrons. The number of methoxy groups -OCH3 is 1. The number of rotatable bonds is 3. The molecule has 4 rings (SSSR count). The van der Waals surface area contributed by atoms with Crippen molar-refractivity contribution in [1.29, 1.82) is 0 Å². The highest BCUT2D eigenvalue weighted by molar-refractivity contribution is 6.33. The lowest BCUT2D eigenvalue weighted by atomic mass is 9.74. The number of hydrogen-bond acceptors (Lipinski definition) is 4. The molecule has 1 aliphatic carbocycles. The molecule has 0 amide bonds. The smallest absolute Gasteiger partial charge is 0.338 e. The Morgan fingerprint density at radius 2 is 1.96 bits per heavy atom. The minimum absolute atomic E-state index is 0.0408. The molecule has 1 aliphatic heterocycles. The summed E-state index contributed by atoms with van der Waals surface area (Å²) < 4.78 is 4.94. The first kappa shape index (κ1) is 17.6. The van der Waals surface area contributed by atoms with Crippen LogP contribution in [0.4, 0.5) is 5.69 Å². The van der Waals surface area contributed by atoms with Gasteiger partial charge in [-0.2, -0.15) is 0 Å². The first-order valence-corrected chi connectivity index (χ1v) is 9.07. The molecule has 2 N–H and O–H groups in total. The van der Waals surface area contributed by atoms with E-state index in [4.69, 9.17) is 16.3 Å². The average molecular weight is 384 g/mol. The van der Waals surface area contributed by atoms with Crippen molar-refractivity contribution in [1.82, 2.24) is 0 Å². The molecule has 3 atom stereocenters. The SMILES string of the molecule is COC(=O)c1ccc(Cl)c2c1[C@@H]1C=CC[C@@H]1[C@H](c1ccccc1C(=O)O)N2. The van der Waals surface area contributed by atoms with Gasteiger partial charge in [-0.25, -0.2) is 9.59 Å². The van der Waals surface area contributed by atoms with Gasteiger partial charge in [0, 0.05) is 5.92 Å². The van der Waals surface area contributed by atoms with Crippen molar-refractivity contribution < 1.29 is 19.4 Å². The number of allylic oxidation sites excluding steroid dienone is 2. The van der Waals surface area contributed by atoms with Crippen molar-refractivity contribution in [3.8, 4) is 0 Å². The fraction of sp³-hybridized carbons (Fsp3) is 0.238. The first-order valence-electron chi connectivity index (χ1n) is 8.69. The molecule has 0 spiro atoms. The maximum atomic E-state index is 12.3. The first-order chi connectivity index (χ1) is 13.0. The normalized spacial score (nSPS) is 22.5. The zero-order valence-electron chi connectivity index (χ0n) is 14.6. The van der Waals surface area contributed by atoms with E-state index in [-0.39, 0.29) is 23.4 Å². The number of hydrogen-bond donors (Lipinski definition) is 2. The summed E-state index contributed by atoms with van der Waals surface area (Å²) in [4.78, 5) is 24.0. The van der Waals surface area contributed by atoms with Crippen LogP contribution in [-0.2, 0) is 4.74 Å². The van der Waals surface area contributed by atoms with Crippen LogP contribution in [0.3, 0.4) is 0 Å². The van der Waals surface area contributed by atoms with Gasteiger partial charge in [0.05, 0.1) is 35.0 Å². The summed E-state index contributed by atoms with van der Waals surface area (Å²) >= 11 is 6.45. The van der Waals surface area contributed by atoms with E-state index in [9.17, 15) is 14.7 Å². The van der Waals surface area contributed by atoms with Crippen LogP contribution in [0.25, 0.3) is 0 Å². The Morgan fingerprint density at radius 3 is 2.70 bits per heavy atom. The fourth-order valence-electron chi connectivity index (χ4n) is 4.23. The van der Waals surface area contributed by atoms with E-state index in [0.717, 1.165) is 12.0 Å². The molecule has 2 aliphatic rings. The number of fused-ring (bicyclic) bond motifs is 3. The summed E-state index contributed by atoms with van der Waals surface area (Å²) in [6.07, 6.45) is 4.93. The average Bonchev–Trinajstić information content (AvgIpc) is 3.17. The van der Waals surface area contributed by atoms with E-state index in [1.54, 1.807) is 24.3 Å². The molecule has 0 saturated carbocycles. The minimum atomic E-state index is -0.963. The molecule has 0 saturated heterocycles. The van der Waals surface area contributed by atoms with Crippen molar-refractivity contribution in [3.05, 3.63) is 75.8 Å². The molecule has 6 heteroatoms. The lowest BCUT2D eigenvalue weighted by Crippen LogP contribution is -2.31. The second-order valence-corrected chi connectivity index (χ2v) is 7.15. The van der Waals surface area contributed by atoms with Crippen LogP contribution in [0.2, 0.25) is 5.02 Å². The highest BCUT2D eigenvalue weighted by Crippen LogP contribution is 2.53. The number of ether oxygens (including phenoxy) is 1. The number of esters is 1. The molecule has 5 nitrogen and oxygen atoms in total. The summed E-state index contributed by atoms with van der Waals surface area (Å²) in [5.41, 5.74) is 2.95.